The fourth-order valence-electron chi connectivity index (χ4n) is 3.46. The number of rotatable bonds is 8. The summed E-state index contributed by atoms with van der Waals surface area (Å²) >= 11 is 0. The second-order valence-corrected chi connectivity index (χ2v) is 11.4. The number of nitro benzene ring substituents is 2. The van der Waals surface area contributed by atoms with Crippen molar-refractivity contribution >= 4 is 31.4 Å². The molecule has 0 N–H and O–H groups in total. The summed E-state index contributed by atoms with van der Waals surface area (Å²) in [5.74, 6) is -0.693. The summed E-state index contributed by atoms with van der Waals surface area (Å²) < 4.78 is 53.8. The van der Waals surface area contributed by atoms with Crippen molar-refractivity contribution in [3.05, 3.63) is 79.9 Å². The first kappa shape index (κ1) is 24.7. The minimum absolute atomic E-state index is 0.0190. The van der Waals surface area contributed by atoms with Crippen LogP contribution in [0.1, 0.15) is 17.5 Å². The van der Waals surface area contributed by atoms with Gasteiger partial charge in [0.2, 0.25) is 20.0 Å². The second kappa shape index (κ2) is 9.91. The summed E-state index contributed by atoms with van der Waals surface area (Å²) in [6.07, 6.45) is 0.305. The van der Waals surface area contributed by atoms with E-state index in [0.29, 0.717) is 17.5 Å². The van der Waals surface area contributed by atoms with E-state index in [4.69, 9.17) is 0 Å². The van der Waals surface area contributed by atoms with E-state index in [2.05, 4.69) is 0 Å². The lowest BCUT2D eigenvalue weighted by Crippen LogP contribution is -2.38. The van der Waals surface area contributed by atoms with Gasteiger partial charge >= 0.3 is 0 Å². The summed E-state index contributed by atoms with van der Waals surface area (Å²) in [6.45, 7) is 0.265. The van der Waals surface area contributed by atoms with Gasteiger partial charge in [-0.05, 0) is 17.5 Å². The van der Waals surface area contributed by atoms with E-state index in [1.54, 1.807) is 0 Å². The van der Waals surface area contributed by atoms with Gasteiger partial charge < -0.3 is 0 Å². The van der Waals surface area contributed by atoms with Crippen molar-refractivity contribution in [3.8, 4) is 0 Å². The van der Waals surface area contributed by atoms with E-state index in [1.807, 2.05) is 0 Å². The Morgan fingerprint density at radius 1 is 0.636 bits per heavy atom. The second-order valence-electron chi connectivity index (χ2n) is 7.51. The van der Waals surface area contributed by atoms with E-state index in [9.17, 15) is 37.1 Å². The minimum atomic E-state index is -3.76. The highest BCUT2D eigenvalue weighted by molar-refractivity contribution is 7.88. The zero-order chi connectivity index (χ0) is 24.2. The lowest BCUT2D eigenvalue weighted by atomic mass is 10.2. The molecule has 0 radical (unpaired) electrons. The normalized spacial score (nSPS) is 16.2. The summed E-state index contributed by atoms with van der Waals surface area (Å²) in [7, 11) is -7.51. The molecule has 1 aliphatic heterocycles. The quantitative estimate of drug-likeness (QED) is 0.393. The number of hydrogen-bond acceptors (Lipinski definition) is 8. The van der Waals surface area contributed by atoms with Crippen molar-refractivity contribution in [1.29, 1.82) is 0 Å². The average Bonchev–Trinajstić information content (AvgIpc) is 3.02. The molecule has 0 bridgehead atoms. The van der Waals surface area contributed by atoms with Gasteiger partial charge in [-0.15, -0.1) is 0 Å². The Hall–Kier alpha value is -2.94. The average molecular weight is 499 g/mol. The molecule has 1 aliphatic rings. The topological polar surface area (TPSA) is 161 Å². The third-order valence-corrected chi connectivity index (χ3v) is 8.89. The van der Waals surface area contributed by atoms with Crippen LogP contribution < -0.4 is 0 Å². The lowest BCUT2D eigenvalue weighted by molar-refractivity contribution is -0.385. The fraction of sp³-hybridized carbons (Fsp3) is 0.368. The van der Waals surface area contributed by atoms with Crippen LogP contribution in [0.5, 0.6) is 0 Å². The van der Waals surface area contributed by atoms with Gasteiger partial charge in [0.25, 0.3) is 11.4 Å². The molecule has 0 saturated carbocycles. The zero-order valence-corrected chi connectivity index (χ0v) is 19.1. The van der Waals surface area contributed by atoms with E-state index < -0.39 is 29.9 Å². The molecular weight excluding hydrogens is 476 g/mol. The molecule has 178 valence electrons. The van der Waals surface area contributed by atoms with E-state index in [1.165, 1.54) is 57.1 Å². The van der Waals surface area contributed by atoms with E-state index in [-0.39, 0.29) is 49.1 Å². The van der Waals surface area contributed by atoms with Crippen LogP contribution in [0.2, 0.25) is 0 Å². The maximum absolute atomic E-state index is 12.8. The van der Waals surface area contributed by atoms with Crippen molar-refractivity contribution in [2.24, 2.45) is 0 Å². The van der Waals surface area contributed by atoms with Crippen LogP contribution in [0.4, 0.5) is 11.4 Å². The first-order valence-electron chi connectivity index (χ1n) is 9.90. The molecule has 0 unspecified atom stereocenters. The molecule has 14 heteroatoms. The number of nitrogens with zero attached hydrogens (tertiary/aromatic N) is 4. The summed E-state index contributed by atoms with van der Waals surface area (Å²) in [5.41, 5.74) is 0.513. The summed E-state index contributed by atoms with van der Waals surface area (Å²) in [4.78, 5) is 20.4. The van der Waals surface area contributed by atoms with Gasteiger partial charge in [0.05, 0.1) is 21.4 Å². The fourth-order valence-corrected chi connectivity index (χ4v) is 6.58. The highest BCUT2D eigenvalue weighted by Gasteiger charge is 2.30. The highest BCUT2D eigenvalue weighted by atomic mass is 32.2. The predicted octanol–water partition coefficient (Wildman–Crippen LogP) is 1.87. The summed E-state index contributed by atoms with van der Waals surface area (Å²) in [6, 6.07) is 10.5. The van der Waals surface area contributed by atoms with E-state index >= 15 is 0 Å². The Morgan fingerprint density at radius 2 is 0.970 bits per heavy atom. The summed E-state index contributed by atoms with van der Waals surface area (Å²) in [5, 5.41) is 21.5. The van der Waals surface area contributed by atoms with Crippen LogP contribution in [0, 0.1) is 20.2 Å². The van der Waals surface area contributed by atoms with Crippen LogP contribution in [-0.2, 0) is 31.6 Å². The zero-order valence-electron chi connectivity index (χ0n) is 17.4. The maximum atomic E-state index is 12.8. The smallest absolute Gasteiger partial charge is 0.258 e. The van der Waals surface area contributed by atoms with Crippen LogP contribution in [0.15, 0.2) is 48.5 Å². The molecule has 0 aliphatic carbocycles. The van der Waals surface area contributed by atoms with Gasteiger partial charge in [-0.3, -0.25) is 20.2 Å². The first-order chi connectivity index (χ1) is 15.5. The van der Waals surface area contributed by atoms with Gasteiger partial charge in [-0.1, -0.05) is 24.3 Å². The van der Waals surface area contributed by atoms with Gasteiger partial charge in [0.15, 0.2) is 0 Å². The van der Waals surface area contributed by atoms with Crippen molar-refractivity contribution in [1.82, 2.24) is 8.61 Å². The number of hydrogen-bond donors (Lipinski definition) is 0. The molecule has 1 saturated heterocycles. The van der Waals surface area contributed by atoms with Gasteiger partial charge in [0, 0.05) is 50.4 Å². The van der Waals surface area contributed by atoms with Crippen LogP contribution in [0.25, 0.3) is 0 Å². The predicted molar refractivity (Wildman–Crippen MR) is 119 cm³/mol. The standard InChI is InChI=1S/C19H22N4O8S2/c24-22(25)18-6-2-16(3-7-18)14-32(28,29)20-10-1-11-21(13-12-20)33(30,31)15-17-4-8-19(9-5-17)23(26)27/h2-9H,1,10-15H2. The molecule has 2 aromatic carbocycles. The third kappa shape index (κ3) is 6.31. The molecule has 12 nitrogen and oxygen atoms in total. The molecule has 0 amide bonds. The monoisotopic (exact) mass is 498 g/mol. The Morgan fingerprint density at radius 3 is 1.27 bits per heavy atom. The van der Waals surface area contributed by atoms with Crippen molar-refractivity contribution in [2.45, 2.75) is 17.9 Å². The molecule has 0 atom stereocenters. The van der Waals surface area contributed by atoms with Crippen LogP contribution in [-0.4, -0.2) is 61.5 Å². The first-order valence-corrected chi connectivity index (χ1v) is 13.1. The largest absolute Gasteiger partial charge is 0.269 e. The van der Waals surface area contributed by atoms with Crippen molar-refractivity contribution in [2.75, 3.05) is 26.2 Å². The number of sulfonamides is 2. The molecule has 1 fully saturated rings. The molecule has 0 spiro atoms. The Bertz CT molecular complexity index is 1130. The van der Waals surface area contributed by atoms with Crippen LogP contribution >= 0.6 is 0 Å². The SMILES string of the molecule is O=[N+]([O-])c1ccc(CS(=O)(=O)N2CCCN(S(=O)(=O)Cc3ccc([N+](=O)[O-])cc3)CC2)cc1. The van der Waals surface area contributed by atoms with Crippen molar-refractivity contribution in [3.63, 3.8) is 0 Å². The molecule has 0 aromatic heterocycles. The van der Waals surface area contributed by atoms with Gasteiger partial charge in [0.1, 0.15) is 0 Å². The van der Waals surface area contributed by atoms with Gasteiger partial charge in [-0.25, -0.2) is 25.4 Å². The lowest BCUT2D eigenvalue weighted by Gasteiger charge is -2.22. The van der Waals surface area contributed by atoms with Crippen molar-refractivity contribution < 1.29 is 26.7 Å². The Labute approximate surface area is 190 Å². The minimum Gasteiger partial charge on any atom is -0.258 e. The molecule has 3 rings (SSSR count). The Balaban J connectivity index is 1.64. The number of nitro groups is 2. The molecular formula is C19H22N4O8S2. The molecule has 2 aromatic rings. The molecule has 1 heterocycles. The highest BCUT2D eigenvalue weighted by Crippen LogP contribution is 2.20. The third-order valence-electron chi connectivity index (χ3n) is 5.19. The van der Waals surface area contributed by atoms with Crippen LogP contribution in [0.3, 0.4) is 0 Å². The molecule has 33 heavy (non-hydrogen) atoms. The number of non-ortho nitro benzene ring substituents is 2. The van der Waals surface area contributed by atoms with E-state index in [0.717, 1.165) is 0 Å². The Kier molecular flexibility index (Phi) is 7.41. The maximum Gasteiger partial charge on any atom is 0.269 e. The number of benzene rings is 2. The van der Waals surface area contributed by atoms with Gasteiger partial charge in [-0.2, -0.15) is 0 Å².